The van der Waals surface area contributed by atoms with Crippen LogP contribution >= 0.6 is 0 Å². The molecule has 0 aromatic carbocycles. The molecule has 0 aromatic rings. The fourth-order valence-corrected chi connectivity index (χ4v) is 2.19. The van der Waals surface area contributed by atoms with Crippen LogP contribution in [0, 0.1) is 5.92 Å². The lowest BCUT2D eigenvalue weighted by Gasteiger charge is -2.29. The van der Waals surface area contributed by atoms with Crippen LogP contribution in [0.4, 0.5) is 4.39 Å². The number of nitrogens with one attached hydrogen (secondary N) is 1. The zero-order valence-electron chi connectivity index (χ0n) is 7.14. The van der Waals surface area contributed by atoms with Gasteiger partial charge in [0.2, 0.25) is 5.67 Å². The number of hydrogen-bond donors (Lipinski definition) is 1. The Hall–Kier alpha value is -0.640. The number of likely N-dealkylation sites (tertiary alicyclic amines) is 1. The summed E-state index contributed by atoms with van der Waals surface area (Å²) in [5.41, 5.74) is -1.60. The van der Waals surface area contributed by atoms with Gasteiger partial charge in [-0.15, -0.1) is 0 Å². The molecule has 2 atom stereocenters. The number of amides is 1. The van der Waals surface area contributed by atoms with E-state index in [9.17, 15) is 9.18 Å². The second kappa shape index (κ2) is 2.42. The molecule has 0 unspecified atom stereocenters. The highest BCUT2D eigenvalue weighted by atomic mass is 19.1. The van der Waals surface area contributed by atoms with Crippen LogP contribution in [-0.4, -0.2) is 43.2 Å². The summed E-state index contributed by atoms with van der Waals surface area (Å²) in [5.74, 6) is -0.501. The highest BCUT2D eigenvalue weighted by Crippen LogP contribution is 2.35. The summed E-state index contributed by atoms with van der Waals surface area (Å²) in [6.07, 6.45) is 0.770. The molecule has 12 heavy (non-hydrogen) atoms. The third-order valence-corrected chi connectivity index (χ3v) is 2.84. The summed E-state index contributed by atoms with van der Waals surface area (Å²) in [5, 5.41) is 2.57. The normalized spacial score (nSPS) is 42.5. The molecule has 0 radical (unpaired) electrons. The number of hydrogen-bond acceptors (Lipinski definition) is 2. The number of halogens is 1. The van der Waals surface area contributed by atoms with Gasteiger partial charge in [0.15, 0.2) is 0 Å². The molecule has 68 valence electrons. The monoisotopic (exact) mass is 172 g/mol. The predicted molar refractivity (Wildman–Crippen MR) is 42.5 cm³/mol. The van der Waals surface area contributed by atoms with Gasteiger partial charge in [0.1, 0.15) is 0 Å². The first-order valence-electron chi connectivity index (χ1n) is 4.29. The summed E-state index contributed by atoms with van der Waals surface area (Å²) in [6.45, 7) is 1.59. The lowest BCUT2D eigenvalue weighted by molar-refractivity contribution is -0.137. The number of alkyl halides is 1. The lowest BCUT2D eigenvalue weighted by Crippen LogP contribution is -2.53. The van der Waals surface area contributed by atoms with Gasteiger partial charge in [-0.05, 0) is 13.5 Å². The molecule has 0 saturated carbocycles. The van der Waals surface area contributed by atoms with E-state index in [-0.39, 0.29) is 12.5 Å². The molecule has 2 aliphatic heterocycles. The van der Waals surface area contributed by atoms with Crippen molar-refractivity contribution in [3.63, 3.8) is 0 Å². The maximum atomic E-state index is 13.9. The van der Waals surface area contributed by atoms with Crippen LogP contribution in [0.25, 0.3) is 0 Å². The summed E-state index contributed by atoms with van der Waals surface area (Å²) in [7, 11) is 1.85. The Bertz CT molecular complexity index is 221. The molecule has 2 rings (SSSR count). The minimum absolute atomic E-state index is 0.0868. The first-order chi connectivity index (χ1) is 5.63. The molecule has 0 aromatic heterocycles. The van der Waals surface area contributed by atoms with Crippen LogP contribution in [0.15, 0.2) is 0 Å². The molecule has 0 aliphatic carbocycles. The lowest BCUT2D eigenvalue weighted by atomic mass is 9.86. The third-order valence-electron chi connectivity index (χ3n) is 2.84. The second-order valence-corrected chi connectivity index (χ2v) is 3.80. The number of carbonyl (C=O) groups is 1. The highest BCUT2D eigenvalue weighted by molar-refractivity contribution is 5.87. The van der Waals surface area contributed by atoms with Crippen molar-refractivity contribution >= 4 is 5.91 Å². The van der Waals surface area contributed by atoms with Gasteiger partial charge in [-0.2, -0.15) is 0 Å². The Kier molecular flexibility index (Phi) is 1.61. The zero-order chi connectivity index (χ0) is 8.77. The number of fused-ring (bicyclic) bond motifs is 1. The molecule has 2 heterocycles. The third kappa shape index (κ3) is 0.941. The van der Waals surface area contributed by atoms with Crippen LogP contribution in [0.1, 0.15) is 6.42 Å². The van der Waals surface area contributed by atoms with E-state index in [1.165, 1.54) is 0 Å². The van der Waals surface area contributed by atoms with E-state index < -0.39 is 11.6 Å². The molecule has 2 saturated heterocycles. The number of carbonyl (C=O) groups excluding carboxylic acids is 1. The number of nitrogens with zero attached hydrogens (tertiary/aromatic N) is 1. The molecule has 4 heteroatoms. The zero-order valence-corrected chi connectivity index (χ0v) is 7.14. The van der Waals surface area contributed by atoms with E-state index in [1.54, 1.807) is 0 Å². The standard InChI is InChI=1S/C8H13FN2O/c1-11-4-6-2-3-10-7(12)8(6,9)5-11/h6H,2-5H2,1H3,(H,10,12)/t6-,8-/m1/s1. The summed E-state index contributed by atoms with van der Waals surface area (Å²) in [6, 6.07) is 0. The fourth-order valence-electron chi connectivity index (χ4n) is 2.19. The van der Waals surface area contributed by atoms with Gasteiger partial charge in [-0.1, -0.05) is 0 Å². The minimum Gasteiger partial charge on any atom is -0.353 e. The van der Waals surface area contributed by atoms with E-state index in [0.29, 0.717) is 13.1 Å². The Morgan fingerprint density at radius 3 is 3.17 bits per heavy atom. The van der Waals surface area contributed by atoms with Crippen LogP contribution in [0.3, 0.4) is 0 Å². The van der Waals surface area contributed by atoms with Crippen LogP contribution in [0.5, 0.6) is 0 Å². The summed E-state index contributed by atoms with van der Waals surface area (Å²) < 4.78 is 13.9. The smallest absolute Gasteiger partial charge is 0.259 e. The topological polar surface area (TPSA) is 32.3 Å². The number of piperidine rings is 1. The quantitative estimate of drug-likeness (QED) is 0.547. The van der Waals surface area contributed by atoms with Crippen molar-refractivity contribution in [3.8, 4) is 0 Å². The molecule has 0 spiro atoms. The average molecular weight is 172 g/mol. The van der Waals surface area contributed by atoms with Crippen molar-refractivity contribution < 1.29 is 9.18 Å². The summed E-state index contributed by atoms with van der Waals surface area (Å²) in [4.78, 5) is 13.1. The predicted octanol–water partition coefficient (Wildman–Crippen LogP) is -0.224. The summed E-state index contributed by atoms with van der Waals surface area (Å²) >= 11 is 0. The van der Waals surface area contributed by atoms with Gasteiger partial charge in [0.05, 0.1) is 0 Å². The van der Waals surface area contributed by atoms with E-state index in [0.717, 1.165) is 6.42 Å². The minimum atomic E-state index is -1.60. The van der Waals surface area contributed by atoms with E-state index in [4.69, 9.17) is 0 Å². The molecule has 1 N–H and O–H groups in total. The van der Waals surface area contributed by atoms with Crippen LogP contribution < -0.4 is 5.32 Å². The Morgan fingerprint density at radius 2 is 2.50 bits per heavy atom. The van der Waals surface area contributed by atoms with Gasteiger partial charge in [0.25, 0.3) is 5.91 Å². The van der Waals surface area contributed by atoms with Crippen molar-refractivity contribution in [1.29, 1.82) is 0 Å². The van der Waals surface area contributed by atoms with E-state index in [1.807, 2.05) is 11.9 Å². The van der Waals surface area contributed by atoms with Crippen LogP contribution in [0.2, 0.25) is 0 Å². The molecule has 2 aliphatic rings. The Labute approximate surface area is 70.9 Å². The van der Waals surface area contributed by atoms with Gasteiger partial charge in [-0.3, -0.25) is 4.79 Å². The molecular weight excluding hydrogens is 159 g/mol. The first kappa shape index (κ1) is 7.98. The number of rotatable bonds is 0. The SMILES string of the molecule is CN1C[C@H]2CCNC(=O)[C@@]2(F)C1. The maximum Gasteiger partial charge on any atom is 0.259 e. The second-order valence-electron chi connectivity index (χ2n) is 3.80. The molecule has 1 amide bonds. The average Bonchev–Trinajstić information content (AvgIpc) is 2.27. The molecule has 3 nitrogen and oxygen atoms in total. The molecular formula is C8H13FN2O. The molecule has 0 bridgehead atoms. The molecule has 2 fully saturated rings. The largest absolute Gasteiger partial charge is 0.353 e. The van der Waals surface area contributed by atoms with E-state index >= 15 is 0 Å². The van der Waals surface area contributed by atoms with Crippen LogP contribution in [-0.2, 0) is 4.79 Å². The van der Waals surface area contributed by atoms with Gasteiger partial charge < -0.3 is 10.2 Å². The fraction of sp³-hybridized carbons (Fsp3) is 0.875. The Morgan fingerprint density at radius 1 is 1.75 bits per heavy atom. The first-order valence-corrected chi connectivity index (χ1v) is 4.29. The maximum absolute atomic E-state index is 13.9. The van der Waals surface area contributed by atoms with Crippen molar-refractivity contribution in [1.82, 2.24) is 10.2 Å². The van der Waals surface area contributed by atoms with Gasteiger partial charge >= 0.3 is 0 Å². The van der Waals surface area contributed by atoms with Crippen molar-refractivity contribution in [2.45, 2.75) is 12.1 Å². The van der Waals surface area contributed by atoms with Crippen molar-refractivity contribution in [2.75, 3.05) is 26.7 Å². The van der Waals surface area contributed by atoms with Gasteiger partial charge in [0, 0.05) is 25.6 Å². The van der Waals surface area contributed by atoms with Crippen molar-refractivity contribution in [3.05, 3.63) is 0 Å². The van der Waals surface area contributed by atoms with E-state index in [2.05, 4.69) is 5.32 Å². The Balaban J connectivity index is 2.24. The van der Waals surface area contributed by atoms with Crippen molar-refractivity contribution in [2.24, 2.45) is 5.92 Å². The highest BCUT2D eigenvalue weighted by Gasteiger charge is 2.53. The van der Waals surface area contributed by atoms with Gasteiger partial charge in [-0.25, -0.2) is 4.39 Å².